The SMILES string of the molecule is Nc1ncnc2c1c(-c1ccc(Cl)c(O)c1)nn2C1CCCc2ccccc21. The Bertz CT molecular complexity index is 1200. The van der Waals surface area contributed by atoms with Gasteiger partial charge in [-0.05, 0) is 42.5 Å². The third-order valence-electron chi connectivity index (χ3n) is 5.37. The maximum absolute atomic E-state index is 10.1. The number of halogens is 1. The van der Waals surface area contributed by atoms with Gasteiger partial charge in [-0.15, -0.1) is 0 Å². The summed E-state index contributed by atoms with van der Waals surface area (Å²) in [4.78, 5) is 8.66. The molecule has 1 aliphatic carbocycles. The second kappa shape index (κ2) is 6.49. The van der Waals surface area contributed by atoms with Crippen molar-refractivity contribution in [3.8, 4) is 17.0 Å². The Balaban J connectivity index is 1.76. The Morgan fingerprint density at radius 1 is 1.14 bits per heavy atom. The lowest BCUT2D eigenvalue weighted by Gasteiger charge is -2.26. The molecule has 0 amide bonds. The van der Waals surface area contributed by atoms with Crippen LogP contribution >= 0.6 is 11.6 Å². The molecule has 28 heavy (non-hydrogen) atoms. The number of phenolic OH excluding ortho intramolecular Hbond substituents is 1. The Morgan fingerprint density at radius 2 is 2.00 bits per heavy atom. The predicted molar refractivity (Wildman–Crippen MR) is 109 cm³/mol. The highest BCUT2D eigenvalue weighted by Crippen LogP contribution is 2.39. The molecule has 3 N–H and O–H groups in total. The molecule has 0 bridgehead atoms. The maximum Gasteiger partial charge on any atom is 0.164 e. The van der Waals surface area contributed by atoms with Gasteiger partial charge in [0.2, 0.25) is 0 Å². The van der Waals surface area contributed by atoms with Gasteiger partial charge in [-0.25, -0.2) is 14.6 Å². The smallest absolute Gasteiger partial charge is 0.164 e. The van der Waals surface area contributed by atoms with Crippen LogP contribution in [0.15, 0.2) is 48.8 Å². The fourth-order valence-corrected chi connectivity index (χ4v) is 4.17. The molecule has 1 aliphatic rings. The number of nitrogen functional groups attached to an aromatic ring is 1. The number of benzene rings is 2. The first kappa shape index (κ1) is 17.0. The van der Waals surface area contributed by atoms with Crippen LogP contribution in [0.4, 0.5) is 5.82 Å². The molecule has 2 aromatic heterocycles. The topological polar surface area (TPSA) is 89.8 Å². The van der Waals surface area contributed by atoms with Crippen molar-refractivity contribution in [3.05, 3.63) is 64.9 Å². The quantitative estimate of drug-likeness (QED) is 0.529. The molecule has 7 heteroatoms. The van der Waals surface area contributed by atoms with Crippen LogP contribution in [0, 0.1) is 0 Å². The van der Waals surface area contributed by atoms with Gasteiger partial charge in [-0.2, -0.15) is 5.10 Å². The van der Waals surface area contributed by atoms with Crippen molar-refractivity contribution in [1.29, 1.82) is 0 Å². The molecule has 2 heterocycles. The fourth-order valence-electron chi connectivity index (χ4n) is 4.06. The van der Waals surface area contributed by atoms with Gasteiger partial charge < -0.3 is 10.8 Å². The zero-order valence-electron chi connectivity index (χ0n) is 15.0. The van der Waals surface area contributed by atoms with Crippen molar-refractivity contribution in [2.45, 2.75) is 25.3 Å². The summed E-state index contributed by atoms with van der Waals surface area (Å²) >= 11 is 5.98. The van der Waals surface area contributed by atoms with Crippen LogP contribution in [-0.2, 0) is 6.42 Å². The van der Waals surface area contributed by atoms with E-state index in [9.17, 15) is 5.11 Å². The van der Waals surface area contributed by atoms with Gasteiger partial charge in [-0.3, -0.25) is 0 Å². The molecule has 140 valence electrons. The van der Waals surface area contributed by atoms with Gasteiger partial charge in [-0.1, -0.05) is 41.9 Å². The molecule has 1 atom stereocenters. The summed E-state index contributed by atoms with van der Waals surface area (Å²) in [6.07, 6.45) is 4.60. The highest BCUT2D eigenvalue weighted by Gasteiger charge is 2.27. The number of aromatic hydroxyl groups is 1. The molecule has 5 rings (SSSR count). The molecule has 6 nitrogen and oxygen atoms in total. The number of hydrogen-bond donors (Lipinski definition) is 2. The first-order valence-corrected chi connectivity index (χ1v) is 9.56. The van der Waals surface area contributed by atoms with Crippen molar-refractivity contribution in [2.75, 3.05) is 5.73 Å². The van der Waals surface area contributed by atoms with Gasteiger partial charge in [0.05, 0.1) is 16.5 Å². The molecule has 0 aliphatic heterocycles. The van der Waals surface area contributed by atoms with Crippen LogP contribution in [0.2, 0.25) is 5.02 Å². The molecule has 1 unspecified atom stereocenters. The van der Waals surface area contributed by atoms with Crippen molar-refractivity contribution in [3.63, 3.8) is 0 Å². The lowest BCUT2D eigenvalue weighted by Crippen LogP contribution is -2.18. The molecule has 0 fully saturated rings. The predicted octanol–water partition coefficient (Wildman–Crippen LogP) is 4.36. The number of hydrogen-bond acceptors (Lipinski definition) is 5. The summed E-state index contributed by atoms with van der Waals surface area (Å²) in [6.45, 7) is 0. The zero-order chi connectivity index (χ0) is 19.3. The van der Waals surface area contributed by atoms with Gasteiger partial charge in [0.1, 0.15) is 23.6 Å². The Morgan fingerprint density at radius 3 is 2.86 bits per heavy atom. The second-order valence-electron chi connectivity index (χ2n) is 7.02. The van der Waals surface area contributed by atoms with E-state index < -0.39 is 0 Å². The third-order valence-corrected chi connectivity index (χ3v) is 5.69. The first-order chi connectivity index (χ1) is 13.6. The standard InChI is InChI=1S/C21H18ClN5O/c22-15-9-8-13(10-17(15)28)19-18-20(23)24-11-25-21(18)27(26-19)16-7-3-5-12-4-1-2-6-14(12)16/h1-2,4,6,8-11,16,28H,3,5,7H2,(H2,23,24,25). The van der Waals surface area contributed by atoms with E-state index in [2.05, 4.69) is 34.2 Å². The number of aryl methyl sites for hydroxylation is 1. The van der Waals surface area contributed by atoms with Crippen molar-refractivity contribution in [1.82, 2.24) is 19.7 Å². The highest BCUT2D eigenvalue weighted by atomic mass is 35.5. The van der Waals surface area contributed by atoms with Crippen LogP contribution in [0.3, 0.4) is 0 Å². The van der Waals surface area contributed by atoms with Gasteiger partial charge in [0.25, 0.3) is 0 Å². The van der Waals surface area contributed by atoms with Crippen molar-refractivity contribution in [2.24, 2.45) is 0 Å². The summed E-state index contributed by atoms with van der Waals surface area (Å²) in [5.41, 5.74) is 10.9. The second-order valence-corrected chi connectivity index (χ2v) is 7.43. The average molecular weight is 392 g/mol. The average Bonchev–Trinajstić information content (AvgIpc) is 3.10. The summed E-state index contributed by atoms with van der Waals surface area (Å²) < 4.78 is 1.95. The van der Waals surface area contributed by atoms with E-state index in [1.807, 2.05) is 10.7 Å². The third kappa shape index (κ3) is 2.60. The normalized spacial score (nSPS) is 16.2. The number of fused-ring (bicyclic) bond motifs is 2. The van der Waals surface area contributed by atoms with Crippen LogP contribution in [-0.4, -0.2) is 24.9 Å². The Labute approximate surface area is 166 Å². The Kier molecular flexibility index (Phi) is 3.94. The molecule has 2 aromatic carbocycles. The lowest BCUT2D eigenvalue weighted by atomic mass is 9.88. The largest absolute Gasteiger partial charge is 0.506 e. The molecule has 0 saturated heterocycles. The molecule has 0 radical (unpaired) electrons. The van der Waals surface area contributed by atoms with Crippen molar-refractivity contribution < 1.29 is 5.11 Å². The van der Waals surface area contributed by atoms with E-state index in [0.717, 1.165) is 24.8 Å². The minimum Gasteiger partial charge on any atom is -0.506 e. The first-order valence-electron chi connectivity index (χ1n) is 9.19. The number of rotatable bonds is 2. The maximum atomic E-state index is 10.1. The summed E-state index contributed by atoms with van der Waals surface area (Å²) in [5, 5.41) is 15.9. The van der Waals surface area contributed by atoms with E-state index in [0.29, 0.717) is 22.5 Å². The number of anilines is 1. The zero-order valence-corrected chi connectivity index (χ0v) is 15.8. The summed E-state index contributed by atoms with van der Waals surface area (Å²) in [7, 11) is 0. The van der Waals surface area contributed by atoms with E-state index in [4.69, 9.17) is 22.4 Å². The van der Waals surface area contributed by atoms with Crippen LogP contribution in [0.5, 0.6) is 5.75 Å². The monoisotopic (exact) mass is 391 g/mol. The minimum atomic E-state index is 0.000277. The van der Waals surface area contributed by atoms with E-state index >= 15 is 0 Å². The highest BCUT2D eigenvalue weighted by molar-refractivity contribution is 6.32. The van der Waals surface area contributed by atoms with Crippen molar-refractivity contribution >= 4 is 28.5 Å². The molecular formula is C21H18ClN5O. The number of phenols is 1. The van der Waals surface area contributed by atoms with Crippen LogP contribution in [0.1, 0.15) is 30.0 Å². The minimum absolute atomic E-state index is 0.000277. The van der Waals surface area contributed by atoms with Crippen LogP contribution in [0.25, 0.3) is 22.3 Å². The van der Waals surface area contributed by atoms with Gasteiger partial charge >= 0.3 is 0 Å². The summed E-state index contributed by atoms with van der Waals surface area (Å²) in [5.74, 6) is 0.366. The van der Waals surface area contributed by atoms with Gasteiger partial charge in [0.15, 0.2) is 5.65 Å². The number of aromatic nitrogens is 4. The van der Waals surface area contributed by atoms with Gasteiger partial charge in [0, 0.05) is 5.56 Å². The lowest BCUT2D eigenvalue weighted by molar-refractivity contribution is 0.461. The number of nitrogens with two attached hydrogens (primary N) is 1. The summed E-state index contributed by atoms with van der Waals surface area (Å²) in [6, 6.07) is 13.6. The van der Waals surface area contributed by atoms with Crippen LogP contribution < -0.4 is 5.73 Å². The number of nitrogens with zero attached hydrogens (tertiary/aromatic N) is 4. The van der Waals surface area contributed by atoms with E-state index in [1.54, 1.807) is 12.1 Å². The molecule has 0 spiro atoms. The van der Waals surface area contributed by atoms with E-state index in [1.165, 1.54) is 17.5 Å². The molecule has 0 saturated carbocycles. The Hall–Kier alpha value is -3.12. The molecule has 4 aromatic rings. The van der Waals surface area contributed by atoms with E-state index in [-0.39, 0.29) is 16.8 Å². The molecular weight excluding hydrogens is 374 g/mol. The fraction of sp³-hybridized carbons (Fsp3) is 0.190.